The fourth-order valence-electron chi connectivity index (χ4n) is 2.90. The van der Waals surface area contributed by atoms with E-state index >= 15 is 0 Å². The van der Waals surface area contributed by atoms with Crippen LogP contribution in [-0.2, 0) is 28.0 Å². The second-order valence-electron chi connectivity index (χ2n) is 7.54. The molecule has 0 saturated carbocycles. The van der Waals surface area contributed by atoms with Crippen LogP contribution < -0.4 is 16.0 Å². The first kappa shape index (κ1) is 30.5. The zero-order valence-electron chi connectivity index (χ0n) is 19.8. The van der Waals surface area contributed by atoms with Gasteiger partial charge in [0, 0.05) is 25.9 Å². The number of phosphoric acid groups is 1. The molecule has 4 N–H and O–H groups in total. The van der Waals surface area contributed by atoms with Crippen molar-refractivity contribution in [2.45, 2.75) is 91.0 Å². The Morgan fingerprint density at radius 1 is 0.844 bits per heavy atom. The SMILES string of the molecule is CCCC(=O)NCCCCC(NC(=O)CCC)C(=O)NCCCCCOP(=O)(O)OCC. The number of nitrogens with one attached hydrogen (secondary N) is 3. The minimum atomic E-state index is -3.95. The van der Waals surface area contributed by atoms with Crippen molar-refractivity contribution < 1.29 is 32.9 Å². The average molecular weight is 480 g/mol. The second kappa shape index (κ2) is 19.0. The fourth-order valence-corrected chi connectivity index (χ4v) is 3.66. The van der Waals surface area contributed by atoms with Crippen molar-refractivity contribution >= 4 is 25.5 Å². The van der Waals surface area contributed by atoms with E-state index in [0.29, 0.717) is 64.5 Å². The van der Waals surface area contributed by atoms with E-state index in [-0.39, 0.29) is 30.9 Å². The first-order valence-corrected chi connectivity index (χ1v) is 13.2. The van der Waals surface area contributed by atoms with E-state index < -0.39 is 13.9 Å². The van der Waals surface area contributed by atoms with Crippen molar-refractivity contribution in [2.24, 2.45) is 0 Å². The zero-order valence-corrected chi connectivity index (χ0v) is 20.7. The van der Waals surface area contributed by atoms with Gasteiger partial charge in [0.15, 0.2) is 0 Å². The Morgan fingerprint density at radius 3 is 2.12 bits per heavy atom. The third-order valence-electron chi connectivity index (χ3n) is 4.51. The van der Waals surface area contributed by atoms with Crippen molar-refractivity contribution in [1.82, 2.24) is 16.0 Å². The van der Waals surface area contributed by atoms with Crippen LogP contribution in [0.2, 0.25) is 0 Å². The van der Waals surface area contributed by atoms with Gasteiger partial charge in [0.1, 0.15) is 6.04 Å². The van der Waals surface area contributed by atoms with E-state index in [1.165, 1.54) is 0 Å². The minimum Gasteiger partial charge on any atom is -0.356 e. The summed E-state index contributed by atoms with van der Waals surface area (Å²) in [6.45, 7) is 6.66. The Morgan fingerprint density at radius 2 is 1.47 bits per heavy atom. The van der Waals surface area contributed by atoms with Gasteiger partial charge in [0.25, 0.3) is 0 Å². The molecule has 0 bridgehead atoms. The molecule has 0 saturated heterocycles. The number of hydrogen-bond acceptors (Lipinski definition) is 6. The summed E-state index contributed by atoms with van der Waals surface area (Å²) in [4.78, 5) is 45.3. The van der Waals surface area contributed by atoms with Gasteiger partial charge in [0.05, 0.1) is 13.2 Å². The van der Waals surface area contributed by atoms with Crippen molar-refractivity contribution in [3.05, 3.63) is 0 Å². The van der Waals surface area contributed by atoms with Crippen LogP contribution >= 0.6 is 7.82 Å². The number of phosphoric ester groups is 1. The molecule has 0 aromatic carbocycles. The molecule has 0 aliphatic carbocycles. The lowest BCUT2D eigenvalue weighted by Crippen LogP contribution is -2.47. The monoisotopic (exact) mass is 479 g/mol. The maximum absolute atomic E-state index is 12.5. The van der Waals surface area contributed by atoms with Crippen molar-refractivity contribution in [1.29, 1.82) is 0 Å². The molecule has 0 rings (SSSR count). The molecule has 188 valence electrons. The second-order valence-corrected chi connectivity index (χ2v) is 8.99. The van der Waals surface area contributed by atoms with Crippen LogP contribution in [0.1, 0.15) is 85.0 Å². The van der Waals surface area contributed by atoms with Crippen LogP contribution in [0.4, 0.5) is 0 Å². The van der Waals surface area contributed by atoms with Crippen LogP contribution in [0.5, 0.6) is 0 Å². The van der Waals surface area contributed by atoms with Crippen LogP contribution in [0.15, 0.2) is 0 Å². The van der Waals surface area contributed by atoms with Gasteiger partial charge in [-0.2, -0.15) is 0 Å². The predicted molar refractivity (Wildman–Crippen MR) is 123 cm³/mol. The molecular formula is C21H42N3O7P. The number of carbonyl (C=O) groups excluding carboxylic acids is 3. The van der Waals surface area contributed by atoms with Gasteiger partial charge >= 0.3 is 7.82 Å². The Kier molecular flexibility index (Phi) is 18.2. The molecule has 0 aliphatic heterocycles. The molecule has 10 nitrogen and oxygen atoms in total. The summed E-state index contributed by atoms with van der Waals surface area (Å²) >= 11 is 0. The van der Waals surface area contributed by atoms with Gasteiger partial charge in [-0.25, -0.2) is 4.57 Å². The standard InChI is InChI=1S/C21H42N3O7P/c1-4-12-19(25)22-15-10-8-14-18(24-20(26)13-5-2)21(27)23-16-9-7-11-17-31-32(28,29)30-6-3/h18H,4-17H2,1-3H3,(H,22,25)(H,23,27)(H,24,26)(H,28,29). The van der Waals surface area contributed by atoms with Gasteiger partial charge in [-0.1, -0.05) is 13.8 Å². The van der Waals surface area contributed by atoms with Crippen LogP contribution in [0.3, 0.4) is 0 Å². The number of carbonyl (C=O) groups is 3. The third kappa shape index (κ3) is 17.1. The highest BCUT2D eigenvalue weighted by atomic mass is 31.2. The lowest BCUT2D eigenvalue weighted by atomic mass is 10.1. The van der Waals surface area contributed by atoms with Gasteiger partial charge < -0.3 is 20.8 Å². The van der Waals surface area contributed by atoms with E-state index in [9.17, 15) is 23.8 Å². The molecule has 0 fully saturated rings. The summed E-state index contributed by atoms with van der Waals surface area (Å²) in [5.41, 5.74) is 0. The Balaban J connectivity index is 4.22. The summed E-state index contributed by atoms with van der Waals surface area (Å²) in [6.07, 6.45) is 6.28. The maximum Gasteiger partial charge on any atom is 0.472 e. The van der Waals surface area contributed by atoms with Gasteiger partial charge in [0.2, 0.25) is 17.7 Å². The topological polar surface area (TPSA) is 143 Å². The molecule has 0 spiro atoms. The first-order valence-electron chi connectivity index (χ1n) is 11.7. The maximum atomic E-state index is 12.5. The van der Waals surface area contributed by atoms with E-state index in [0.717, 1.165) is 12.8 Å². The van der Waals surface area contributed by atoms with E-state index in [1.807, 2.05) is 13.8 Å². The Hall–Kier alpha value is -1.48. The summed E-state index contributed by atoms with van der Waals surface area (Å²) in [7, 11) is -3.95. The summed E-state index contributed by atoms with van der Waals surface area (Å²) < 4.78 is 20.8. The van der Waals surface area contributed by atoms with Crippen molar-refractivity contribution in [2.75, 3.05) is 26.3 Å². The van der Waals surface area contributed by atoms with Gasteiger partial charge in [-0.05, 0) is 58.3 Å². The quantitative estimate of drug-likeness (QED) is 0.155. The Bertz CT molecular complexity index is 590. The summed E-state index contributed by atoms with van der Waals surface area (Å²) in [6, 6.07) is -0.602. The average Bonchev–Trinajstić information content (AvgIpc) is 2.72. The number of unbranched alkanes of at least 4 members (excludes halogenated alkanes) is 3. The zero-order chi connectivity index (χ0) is 24.2. The van der Waals surface area contributed by atoms with E-state index in [4.69, 9.17) is 4.52 Å². The molecule has 2 unspecified atom stereocenters. The van der Waals surface area contributed by atoms with Crippen molar-refractivity contribution in [3.63, 3.8) is 0 Å². The predicted octanol–water partition coefficient (Wildman–Crippen LogP) is 2.80. The largest absolute Gasteiger partial charge is 0.472 e. The lowest BCUT2D eigenvalue weighted by molar-refractivity contribution is -0.129. The molecule has 0 aromatic heterocycles. The fraction of sp³-hybridized carbons (Fsp3) is 0.857. The normalized spacial score (nSPS) is 13.8. The molecule has 32 heavy (non-hydrogen) atoms. The molecule has 3 amide bonds. The summed E-state index contributed by atoms with van der Waals surface area (Å²) in [5, 5.41) is 8.48. The smallest absolute Gasteiger partial charge is 0.356 e. The molecule has 0 radical (unpaired) electrons. The van der Waals surface area contributed by atoms with Crippen LogP contribution in [0.25, 0.3) is 0 Å². The molecular weight excluding hydrogens is 437 g/mol. The number of amides is 3. The molecule has 0 heterocycles. The highest BCUT2D eigenvalue weighted by molar-refractivity contribution is 7.47. The van der Waals surface area contributed by atoms with Gasteiger partial charge in [-0.3, -0.25) is 23.4 Å². The molecule has 2 atom stereocenters. The van der Waals surface area contributed by atoms with Crippen LogP contribution in [0, 0.1) is 0 Å². The van der Waals surface area contributed by atoms with Crippen molar-refractivity contribution in [3.8, 4) is 0 Å². The Labute approximate surface area is 192 Å². The van der Waals surface area contributed by atoms with E-state index in [1.54, 1.807) is 6.92 Å². The lowest BCUT2D eigenvalue weighted by Gasteiger charge is -2.18. The number of rotatable bonds is 20. The molecule has 11 heteroatoms. The highest BCUT2D eigenvalue weighted by Crippen LogP contribution is 2.42. The third-order valence-corrected chi connectivity index (χ3v) is 5.61. The first-order chi connectivity index (χ1) is 15.3. The molecule has 0 aliphatic rings. The van der Waals surface area contributed by atoms with Crippen LogP contribution in [-0.4, -0.2) is 55.0 Å². The highest BCUT2D eigenvalue weighted by Gasteiger charge is 2.20. The van der Waals surface area contributed by atoms with E-state index in [2.05, 4.69) is 20.5 Å². The van der Waals surface area contributed by atoms with Gasteiger partial charge in [-0.15, -0.1) is 0 Å². The number of hydrogen-bond donors (Lipinski definition) is 4. The minimum absolute atomic E-state index is 0.0307. The molecule has 0 aromatic rings. The summed E-state index contributed by atoms with van der Waals surface area (Å²) in [5.74, 6) is -0.344.